The van der Waals surface area contributed by atoms with E-state index in [1.54, 1.807) is 7.11 Å². The fourth-order valence-corrected chi connectivity index (χ4v) is 5.56. The zero-order chi connectivity index (χ0) is 24.7. The first-order valence-electron chi connectivity index (χ1n) is 12.4. The summed E-state index contributed by atoms with van der Waals surface area (Å²) < 4.78 is 5.17. The van der Waals surface area contributed by atoms with Crippen molar-refractivity contribution >= 4 is 23.1 Å². The van der Waals surface area contributed by atoms with E-state index in [4.69, 9.17) is 10.00 Å². The molecule has 6 nitrogen and oxygen atoms in total. The quantitative estimate of drug-likeness (QED) is 0.578. The number of hydrogen-bond donors (Lipinski definition) is 0. The van der Waals surface area contributed by atoms with Gasteiger partial charge in [0.05, 0.1) is 18.6 Å². The summed E-state index contributed by atoms with van der Waals surface area (Å²) in [6.07, 6.45) is 6.87. The largest absolute Gasteiger partial charge is 0.497 e. The summed E-state index contributed by atoms with van der Waals surface area (Å²) in [5.74, 6) is 2.16. The van der Waals surface area contributed by atoms with Gasteiger partial charge in [0.2, 0.25) is 0 Å². The van der Waals surface area contributed by atoms with E-state index in [9.17, 15) is 19.2 Å². The van der Waals surface area contributed by atoms with Gasteiger partial charge >= 0.3 is 0 Å². The van der Waals surface area contributed by atoms with Crippen LogP contribution in [-0.2, 0) is 25.6 Å². The Kier molecular flexibility index (Phi) is 8.77. The summed E-state index contributed by atoms with van der Waals surface area (Å²) in [4.78, 5) is 46.1. The zero-order valence-corrected chi connectivity index (χ0v) is 20.3. The van der Waals surface area contributed by atoms with Crippen LogP contribution in [0, 0.1) is 34.5 Å². The molecule has 0 aromatic heterocycles. The average molecular weight is 466 g/mol. The Bertz CT molecular complexity index is 930. The van der Waals surface area contributed by atoms with Crippen molar-refractivity contribution in [3.8, 4) is 11.8 Å². The van der Waals surface area contributed by atoms with Gasteiger partial charge < -0.3 is 4.74 Å². The summed E-state index contributed by atoms with van der Waals surface area (Å²) in [6, 6.07) is 10.4. The van der Waals surface area contributed by atoms with Crippen molar-refractivity contribution in [1.82, 2.24) is 0 Å². The van der Waals surface area contributed by atoms with Crippen LogP contribution in [0.4, 0.5) is 0 Å². The number of carbonyl (C=O) groups is 4. The number of nitriles is 1. The second-order valence-corrected chi connectivity index (χ2v) is 10.1. The predicted octanol–water partition coefficient (Wildman–Crippen LogP) is 4.82. The molecule has 4 rings (SSSR count). The lowest BCUT2D eigenvalue weighted by molar-refractivity contribution is -0.139. The average Bonchev–Trinajstić information content (AvgIpc) is 3.12. The summed E-state index contributed by atoms with van der Waals surface area (Å²) in [5, 5.41) is 8.93. The number of hydrogen-bond acceptors (Lipinski definition) is 6. The lowest BCUT2D eigenvalue weighted by Crippen LogP contribution is -2.37. The number of rotatable bonds is 5. The second kappa shape index (κ2) is 11.6. The molecule has 1 spiro atoms. The Labute approximate surface area is 202 Å². The number of nitrogens with zero attached hydrogens (tertiary/aromatic N) is 1. The van der Waals surface area contributed by atoms with Crippen LogP contribution in [0.15, 0.2) is 24.3 Å². The van der Waals surface area contributed by atoms with Crippen molar-refractivity contribution < 1.29 is 23.9 Å². The highest BCUT2D eigenvalue weighted by Crippen LogP contribution is 2.43. The van der Waals surface area contributed by atoms with Gasteiger partial charge in [0.25, 0.3) is 0 Å². The third-order valence-corrected chi connectivity index (χ3v) is 7.72. The fourth-order valence-electron chi connectivity index (χ4n) is 5.56. The van der Waals surface area contributed by atoms with Gasteiger partial charge in [0, 0.05) is 43.9 Å². The molecule has 0 amide bonds. The van der Waals surface area contributed by atoms with Crippen molar-refractivity contribution in [3.05, 3.63) is 29.8 Å². The lowest BCUT2D eigenvalue weighted by atomic mass is 9.71. The number of carbonyl (C=O) groups excluding carboxylic acids is 4. The van der Waals surface area contributed by atoms with Crippen molar-refractivity contribution in [1.29, 1.82) is 5.26 Å². The maximum absolute atomic E-state index is 12.0. The van der Waals surface area contributed by atoms with Gasteiger partial charge in [-0.2, -0.15) is 5.26 Å². The molecule has 6 heteroatoms. The van der Waals surface area contributed by atoms with Gasteiger partial charge in [0.1, 0.15) is 28.9 Å². The second-order valence-electron chi connectivity index (χ2n) is 10.1. The first-order valence-corrected chi connectivity index (χ1v) is 12.4. The fraction of sp³-hybridized carbons (Fsp3) is 0.607. The number of ether oxygens (including phenoxy) is 1. The molecular weight excluding hydrogens is 430 g/mol. The van der Waals surface area contributed by atoms with E-state index in [-0.39, 0.29) is 29.2 Å². The summed E-state index contributed by atoms with van der Waals surface area (Å²) in [5.41, 5.74) is 0.565. The Morgan fingerprint density at radius 3 is 2.18 bits per heavy atom. The molecule has 0 radical (unpaired) electrons. The molecule has 0 saturated heterocycles. The smallest absolute Gasteiger partial charge is 0.146 e. The minimum atomic E-state index is -0.728. The molecule has 0 N–H and O–H groups in total. The van der Waals surface area contributed by atoms with Crippen LogP contribution in [0.1, 0.15) is 76.7 Å². The van der Waals surface area contributed by atoms with Crippen LogP contribution in [0.3, 0.4) is 0 Å². The van der Waals surface area contributed by atoms with Crippen LogP contribution in [0.2, 0.25) is 0 Å². The predicted molar refractivity (Wildman–Crippen MR) is 127 cm³/mol. The zero-order valence-electron chi connectivity index (χ0n) is 20.3. The van der Waals surface area contributed by atoms with Gasteiger partial charge in [0.15, 0.2) is 0 Å². The Morgan fingerprint density at radius 1 is 1.00 bits per heavy atom. The molecule has 3 saturated carbocycles. The van der Waals surface area contributed by atoms with Gasteiger partial charge in [-0.1, -0.05) is 12.1 Å². The van der Waals surface area contributed by atoms with Crippen molar-refractivity contribution in [2.45, 2.75) is 77.6 Å². The molecule has 1 aromatic rings. The first-order chi connectivity index (χ1) is 16.3. The van der Waals surface area contributed by atoms with Crippen LogP contribution in [-0.4, -0.2) is 30.2 Å². The Morgan fingerprint density at radius 2 is 1.62 bits per heavy atom. The minimum Gasteiger partial charge on any atom is -0.497 e. The number of methoxy groups -OCH3 is 1. The van der Waals surface area contributed by atoms with Gasteiger partial charge in [-0.25, -0.2) is 0 Å². The van der Waals surface area contributed by atoms with Crippen LogP contribution < -0.4 is 4.74 Å². The Hall–Kier alpha value is -2.81. The summed E-state index contributed by atoms with van der Waals surface area (Å²) in [7, 11) is 1.67. The highest BCUT2D eigenvalue weighted by molar-refractivity contribution is 6.13. The van der Waals surface area contributed by atoms with Crippen LogP contribution >= 0.6 is 0 Å². The van der Waals surface area contributed by atoms with Gasteiger partial charge in [-0.15, -0.1) is 0 Å². The molecule has 0 aliphatic heterocycles. The van der Waals surface area contributed by atoms with E-state index in [1.165, 1.54) is 5.56 Å². The lowest BCUT2D eigenvalue weighted by Gasteiger charge is -2.28. The third kappa shape index (κ3) is 6.20. The van der Waals surface area contributed by atoms with E-state index in [0.717, 1.165) is 25.0 Å². The topological polar surface area (TPSA) is 101 Å². The summed E-state index contributed by atoms with van der Waals surface area (Å²) >= 11 is 0. The number of Topliss-reactive ketones (excluding diaryl/α,β-unsaturated/α-hetero) is 4. The third-order valence-electron chi connectivity index (χ3n) is 7.72. The molecule has 0 bridgehead atoms. The molecule has 182 valence electrons. The van der Waals surface area contributed by atoms with Crippen molar-refractivity contribution in [2.24, 2.45) is 23.2 Å². The molecule has 3 fully saturated rings. The van der Waals surface area contributed by atoms with Crippen LogP contribution in [0.5, 0.6) is 5.75 Å². The maximum Gasteiger partial charge on any atom is 0.146 e. The van der Waals surface area contributed by atoms with Crippen molar-refractivity contribution in [2.75, 3.05) is 7.11 Å². The molecule has 3 unspecified atom stereocenters. The molecule has 3 atom stereocenters. The number of ketones is 4. The first kappa shape index (κ1) is 25.8. The van der Waals surface area contributed by atoms with E-state index in [1.807, 2.05) is 19.1 Å². The molecular formula is C28H35NO5. The van der Waals surface area contributed by atoms with E-state index in [0.29, 0.717) is 63.1 Å². The maximum atomic E-state index is 12.0. The molecule has 1 aromatic carbocycles. The van der Waals surface area contributed by atoms with Gasteiger partial charge in [-0.3, -0.25) is 19.2 Å². The molecule has 34 heavy (non-hydrogen) atoms. The monoisotopic (exact) mass is 465 g/mol. The van der Waals surface area contributed by atoms with Crippen molar-refractivity contribution in [3.63, 3.8) is 0 Å². The van der Waals surface area contributed by atoms with E-state index in [2.05, 4.69) is 18.2 Å². The minimum absolute atomic E-state index is 0.0290. The molecule has 3 aliphatic rings. The standard InChI is InChI=1S/C18H23NO2.C10H12O3/c1-13(12-19)9-16-11-15(5-8-18(16)20)10-14-3-6-17(21-2)7-4-14;11-7-3-5-10(6-4-7)8(12)1-2-9(10)13/h3-4,6-7,13,15-16H,5,8-11H2,1-2H3;1-6H2. The number of benzene rings is 1. The SMILES string of the molecule is COc1ccc(CC2CCC(=O)C(CC(C)C#N)C2)cc1.O=C1CCC2(CC1)C(=O)CCC2=O. The highest BCUT2D eigenvalue weighted by Gasteiger charge is 2.50. The van der Waals surface area contributed by atoms with Gasteiger partial charge in [-0.05, 0) is 69.1 Å². The van der Waals surface area contributed by atoms with E-state index >= 15 is 0 Å². The normalized spacial score (nSPS) is 24.9. The Balaban J connectivity index is 0.000000212. The molecule has 0 heterocycles. The summed E-state index contributed by atoms with van der Waals surface area (Å²) in [6.45, 7) is 1.90. The van der Waals surface area contributed by atoms with E-state index < -0.39 is 5.41 Å². The van der Waals surface area contributed by atoms with Crippen LogP contribution in [0.25, 0.3) is 0 Å². The highest BCUT2D eigenvalue weighted by atomic mass is 16.5. The molecule has 3 aliphatic carbocycles.